The molecule has 20 heavy (non-hydrogen) atoms. The third kappa shape index (κ3) is 3.41. The summed E-state index contributed by atoms with van der Waals surface area (Å²) in [6.45, 7) is 2.77. The van der Waals surface area contributed by atoms with Crippen LogP contribution in [0, 0.1) is 0 Å². The fourth-order valence-electron chi connectivity index (χ4n) is 1.89. The maximum absolute atomic E-state index is 12.0. The van der Waals surface area contributed by atoms with Gasteiger partial charge in [-0.05, 0) is 18.6 Å². The zero-order valence-electron chi connectivity index (χ0n) is 11.2. The Hall–Kier alpha value is -1.33. The molecule has 0 saturated heterocycles. The van der Waals surface area contributed by atoms with Crippen molar-refractivity contribution in [1.82, 2.24) is 20.3 Å². The van der Waals surface area contributed by atoms with Crippen molar-refractivity contribution in [3.05, 3.63) is 22.2 Å². The van der Waals surface area contributed by atoms with Crippen LogP contribution in [0.15, 0.2) is 12.1 Å². The quantitative estimate of drug-likeness (QED) is 0.852. The van der Waals surface area contributed by atoms with Gasteiger partial charge in [0.15, 0.2) is 0 Å². The van der Waals surface area contributed by atoms with E-state index >= 15 is 0 Å². The van der Waals surface area contributed by atoms with Crippen molar-refractivity contribution in [2.75, 3.05) is 6.54 Å². The molecule has 1 N–H and O–H groups in total. The third-order valence-electron chi connectivity index (χ3n) is 2.99. The number of amides is 1. The first kappa shape index (κ1) is 15.1. The van der Waals surface area contributed by atoms with Crippen molar-refractivity contribution in [1.29, 1.82) is 0 Å². The molecule has 0 atom stereocenters. The molecule has 1 aromatic heterocycles. The lowest BCUT2D eigenvalue weighted by atomic mass is 10.2. The van der Waals surface area contributed by atoms with Crippen LogP contribution in [0.4, 0.5) is 4.79 Å². The van der Waals surface area contributed by atoms with Crippen molar-refractivity contribution in [2.45, 2.75) is 32.6 Å². The van der Waals surface area contributed by atoms with Gasteiger partial charge in [0.1, 0.15) is 11.0 Å². The van der Waals surface area contributed by atoms with Crippen LogP contribution in [0.1, 0.15) is 32.6 Å². The zero-order valence-corrected chi connectivity index (χ0v) is 12.7. The highest BCUT2D eigenvalue weighted by atomic mass is 35.5. The molecule has 0 aliphatic heterocycles. The number of nitrogens with one attached hydrogen (secondary N) is 1. The molecular formula is C13H16Cl2N4O. The first-order valence-electron chi connectivity index (χ1n) is 6.62. The van der Waals surface area contributed by atoms with E-state index in [4.69, 9.17) is 23.2 Å². The minimum atomic E-state index is -0.303. The van der Waals surface area contributed by atoms with Crippen LogP contribution in [-0.2, 0) is 0 Å². The van der Waals surface area contributed by atoms with Crippen molar-refractivity contribution >= 4 is 40.3 Å². The Balaban J connectivity index is 2.05. The topological polar surface area (TPSA) is 59.8 Å². The van der Waals surface area contributed by atoms with Crippen LogP contribution in [0.5, 0.6) is 0 Å². The lowest BCUT2D eigenvalue weighted by Crippen LogP contribution is -2.30. The van der Waals surface area contributed by atoms with Crippen LogP contribution < -0.4 is 5.32 Å². The summed E-state index contributed by atoms with van der Waals surface area (Å²) in [5.41, 5.74) is 1.09. The van der Waals surface area contributed by atoms with Crippen LogP contribution >= 0.6 is 23.2 Å². The Bertz CT molecular complexity index is 612. The largest absolute Gasteiger partial charge is 0.344 e. The van der Waals surface area contributed by atoms with E-state index in [1.165, 1.54) is 17.5 Å². The summed E-state index contributed by atoms with van der Waals surface area (Å²) in [4.78, 5) is 12.0. The second kappa shape index (κ2) is 6.90. The van der Waals surface area contributed by atoms with E-state index in [2.05, 4.69) is 22.6 Å². The molecule has 0 spiro atoms. The highest BCUT2D eigenvalue weighted by Crippen LogP contribution is 2.26. The third-order valence-corrected chi connectivity index (χ3v) is 3.71. The van der Waals surface area contributed by atoms with E-state index in [1.54, 1.807) is 12.1 Å². The Morgan fingerprint density at radius 1 is 1.25 bits per heavy atom. The van der Waals surface area contributed by atoms with E-state index in [0.717, 1.165) is 12.8 Å². The molecule has 108 valence electrons. The van der Waals surface area contributed by atoms with E-state index in [0.29, 0.717) is 27.6 Å². The fourth-order valence-corrected chi connectivity index (χ4v) is 2.20. The predicted octanol–water partition coefficient (Wildman–Crippen LogP) is 3.88. The number of unbranched alkanes of at least 4 members (excludes halogenated alkanes) is 3. The summed E-state index contributed by atoms with van der Waals surface area (Å²) in [5, 5.41) is 11.3. The van der Waals surface area contributed by atoms with E-state index < -0.39 is 0 Å². The Kier molecular flexibility index (Phi) is 5.20. The van der Waals surface area contributed by atoms with Crippen LogP contribution in [0.3, 0.4) is 0 Å². The number of benzene rings is 1. The van der Waals surface area contributed by atoms with Gasteiger partial charge in [-0.25, -0.2) is 4.79 Å². The zero-order chi connectivity index (χ0) is 14.5. The van der Waals surface area contributed by atoms with Gasteiger partial charge in [-0.15, -0.1) is 5.10 Å². The smallest absolute Gasteiger partial charge is 0.336 e. The van der Waals surface area contributed by atoms with Crippen LogP contribution in [0.2, 0.25) is 10.0 Å². The standard InChI is InChI=1S/C13H16Cl2N4O/c1-2-3-4-5-6-16-13(20)19-12-8-10(15)9(14)7-11(12)17-18-19/h7-8H,2-6H2,1H3,(H,16,20). The number of hydrogen-bond acceptors (Lipinski definition) is 3. The maximum atomic E-state index is 12.0. The molecule has 0 saturated carbocycles. The number of hydrogen-bond donors (Lipinski definition) is 1. The molecule has 1 heterocycles. The van der Waals surface area contributed by atoms with Gasteiger partial charge < -0.3 is 5.32 Å². The van der Waals surface area contributed by atoms with Crippen LogP contribution in [-0.4, -0.2) is 27.6 Å². The van der Waals surface area contributed by atoms with Gasteiger partial charge in [0.25, 0.3) is 0 Å². The van der Waals surface area contributed by atoms with Gasteiger partial charge in [-0.2, -0.15) is 4.68 Å². The molecule has 0 fully saturated rings. The second-order valence-corrected chi connectivity index (χ2v) is 5.36. The first-order valence-corrected chi connectivity index (χ1v) is 7.37. The molecule has 0 aliphatic rings. The maximum Gasteiger partial charge on any atom is 0.344 e. The number of aromatic nitrogens is 3. The van der Waals surface area contributed by atoms with E-state index in [9.17, 15) is 4.79 Å². The first-order chi connectivity index (χ1) is 9.63. The molecule has 0 aliphatic carbocycles. The van der Waals surface area contributed by atoms with Gasteiger partial charge >= 0.3 is 6.03 Å². The summed E-state index contributed by atoms with van der Waals surface area (Å²) < 4.78 is 1.21. The van der Waals surface area contributed by atoms with Gasteiger partial charge in [-0.3, -0.25) is 0 Å². The molecular weight excluding hydrogens is 299 g/mol. The number of carbonyl (C=O) groups excluding carboxylic acids is 1. The Labute approximate surface area is 127 Å². The van der Waals surface area contributed by atoms with Crippen molar-refractivity contribution < 1.29 is 4.79 Å². The van der Waals surface area contributed by atoms with Crippen molar-refractivity contribution in [3.63, 3.8) is 0 Å². The van der Waals surface area contributed by atoms with Crippen molar-refractivity contribution in [2.24, 2.45) is 0 Å². The molecule has 0 unspecified atom stereocenters. The van der Waals surface area contributed by atoms with Gasteiger partial charge in [0, 0.05) is 6.54 Å². The van der Waals surface area contributed by atoms with Gasteiger partial charge in [0.2, 0.25) is 0 Å². The minimum absolute atomic E-state index is 0.303. The lowest BCUT2D eigenvalue weighted by Gasteiger charge is -2.05. The molecule has 0 radical (unpaired) electrons. The molecule has 2 aromatic rings. The van der Waals surface area contributed by atoms with Crippen molar-refractivity contribution in [3.8, 4) is 0 Å². The van der Waals surface area contributed by atoms with E-state index in [1.807, 2.05) is 0 Å². The summed E-state index contributed by atoms with van der Waals surface area (Å²) in [7, 11) is 0. The normalized spacial score (nSPS) is 10.9. The molecule has 5 nitrogen and oxygen atoms in total. The highest BCUT2D eigenvalue weighted by molar-refractivity contribution is 6.42. The number of halogens is 2. The van der Waals surface area contributed by atoms with E-state index in [-0.39, 0.29) is 6.03 Å². The predicted molar refractivity (Wildman–Crippen MR) is 80.5 cm³/mol. The summed E-state index contributed by atoms with van der Waals surface area (Å²) >= 11 is 11.8. The number of fused-ring (bicyclic) bond motifs is 1. The SMILES string of the molecule is CCCCCCNC(=O)n1nnc2cc(Cl)c(Cl)cc21. The molecule has 1 amide bonds. The molecule has 7 heteroatoms. The summed E-state index contributed by atoms with van der Waals surface area (Å²) in [6.07, 6.45) is 4.41. The number of carbonyl (C=O) groups is 1. The van der Waals surface area contributed by atoms with Gasteiger partial charge in [-0.1, -0.05) is 54.6 Å². The fraction of sp³-hybridized carbons (Fsp3) is 0.462. The second-order valence-electron chi connectivity index (χ2n) is 4.55. The molecule has 1 aromatic carbocycles. The monoisotopic (exact) mass is 314 g/mol. The average Bonchev–Trinajstić information content (AvgIpc) is 2.82. The number of nitrogens with zero attached hydrogens (tertiary/aromatic N) is 3. The lowest BCUT2D eigenvalue weighted by molar-refractivity contribution is 0.239. The van der Waals surface area contributed by atoms with Crippen LogP contribution in [0.25, 0.3) is 11.0 Å². The summed E-state index contributed by atoms with van der Waals surface area (Å²) in [5.74, 6) is 0. The highest BCUT2D eigenvalue weighted by Gasteiger charge is 2.13. The Morgan fingerprint density at radius 2 is 2.00 bits per heavy atom. The Morgan fingerprint density at radius 3 is 2.75 bits per heavy atom. The van der Waals surface area contributed by atoms with Gasteiger partial charge in [0.05, 0.1) is 10.0 Å². The minimum Gasteiger partial charge on any atom is -0.336 e. The average molecular weight is 315 g/mol. The summed E-state index contributed by atoms with van der Waals surface area (Å²) in [6, 6.07) is 2.88. The molecule has 0 bridgehead atoms. The molecule has 2 rings (SSSR count). The number of rotatable bonds is 5.